The van der Waals surface area contributed by atoms with E-state index >= 15 is 0 Å². The normalized spacial score (nSPS) is 22.8. The summed E-state index contributed by atoms with van der Waals surface area (Å²) in [7, 11) is 0. The molecule has 2 unspecified atom stereocenters. The molecule has 1 fully saturated rings. The Morgan fingerprint density at radius 1 is 1.37 bits per heavy atom. The fourth-order valence-electron chi connectivity index (χ4n) is 2.62. The van der Waals surface area contributed by atoms with Crippen LogP contribution < -0.4 is 15.8 Å². The highest BCUT2D eigenvalue weighted by Gasteiger charge is 2.26. The number of hydrogen-bond acceptors (Lipinski definition) is 3. The van der Waals surface area contributed by atoms with Crippen LogP contribution in [0.2, 0.25) is 0 Å². The second-order valence-electron chi connectivity index (χ2n) is 5.11. The highest BCUT2D eigenvalue weighted by Crippen LogP contribution is 2.31. The molecule has 0 heterocycles. The Kier molecular flexibility index (Phi) is 4.80. The molecule has 2 rings (SSSR count). The lowest BCUT2D eigenvalue weighted by Gasteiger charge is -2.31. The number of para-hydroxylation sites is 2. The number of rotatable bonds is 4. The van der Waals surface area contributed by atoms with E-state index in [1.807, 2.05) is 24.3 Å². The van der Waals surface area contributed by atoms with Crippen molar-refractivity contribution in [1.82, 2.24) is 0 Å². The topological polar surface area (TPSA) is 64.3 Å². The van der Waals surface area contributed by atoms with E-state index in [-0.39, 0.29) is 12.0 Å². The second kappa shape index (κ2) is 6.57. The van der Waals surface area contributed by atoms with E-state index in [1.54, 1.807) is 0 Å². The first kappa shape index (κ1) is 13.9. The molecule has 0 aliphatic heterocycles. The molecule has 0 radical (unpaired) electrons. The summed E-state index contributed by atoms with van der Waals surface area (Å²) in [5, 5.41) is 2.80. The minimum atomic E-state index is -0.0879. The van der Waals surface area contributed by atoms with Gasteiger partial charge in [-0.15, -0.1) is 0 Å². The molecule has 19 heavy (non-hydrogen) atoms. The van der Waals surface area contributed by atoms with Crippen molar-refractivity contribution in [3.05, 3.63) is 24.3 Å². The van der Waals surface area contributed by atoms with Crippen LogP contribution in [0.3, 0.4) is 0 Å². The van der Waals surface area contributed by atoms with Gasteiger partial charge in [0.05, 0.1) is 5.69 Å². The van der Waals surface area contributed by atoms with Gasteiger partial charge in [-0.2, -0.15) is 0 Å². The molecule has 104 valence electrons. The molecule has 1 aliphatic carbocycles. The van der Waals surface area contributed by atoms with Gasteiger partial charge in [0.25, 0.3) is 0 Å². The minimum Gasteiger partial charge on any atom is -0.488 e. The lowest BCUT2D eigenvalue weighted by molar-refractivity contribution is -0.114. The van der Waals surface area contributed by atoms with Gasteiger partial charge in [-0.05, 0) is 37.9 Å². The maximum absolute atomic E-state index is 11.2. The van der Waals surface area contributed by atoms with Crippen molar-refractivity contribution in [3.63, 3.8) is 0 Å². The second-order valence-corrected chi connectivity index (χ2v) is 5.11. The summed E-state index contributed by atoms with van der Waals surface area (Å²) in [5.41, 5.74) is 6.55. The quantitative estimate of drug-likeness (QED) is 0.876. The Balaban J connectivity index is 2.11. The van der Waals surface area contributed by atoms with Crippen LogP contribution in [0.5, 0.6) is 5.75 Å². The molecule has 1 aromatic carbocycles. The van der Waals surface area contributed by atoms with Gasteiger partial charge < -0.3 is 15.8 Å². The summed E-state index contributed by atoms with van der Waals surface area (Å²) in [6.07, 6.45) is 4.74. The van der Waals surface area contributed by atoms with E-state index in [9.17, 15) is 4.79 Å². The predicted octanol–water partition coefficient (Wildman–Crippen LogP) is 2.54. The van der Waals surface area contributed by atoms with E-state index in [1.165, 1.54) is 19.8 Å². The predicted molar refractivity (Wildman–Crippen MR) is 76.2 cm³/mol. The third-order valence-corrected chi connectivity index (χ3v) is 3.62. The summed E-state index contributed by atoms with van der Waals surface area (Å²) in [4.78, 5) is 11.2. The van der Waals surface area contributed by atoms with Crippen LogP contribution in [0.25, 0.3) is 0 Å². The van der Waals surface area contributed by atoms with Gasteiger partial charge in [-0.1, -0.05) is 18.6 Å². The first-order chi connectivity index (χ1) is 9.20. The van der Waals surface area contributed by atoms with Crippen LogP contribution in [0.4, 0.5) is 5.69 Å². The number of nitrogens with two attached hydrogens (primary N) is 1. The molecule has 0 aromatic heterocycles. The van der Waals surface area contributed by atoms with Crippen LogP contribution in [0.1, 0.15) is 32.6 Å². The molecule has 1 aliphatic rings. The number of hydrogen-bond donors (Lipinski definition) is 2. The van der Waals surface area contributed by atoms with Crippen LogP contribution >= 0.6 is 0 Å². The van der Waals surface area contributed by atoms with Gasteiger partial charge >= 0.3 is 0 Å². The fraction of sp³-hybridized carbons (Fsp3) is 0.533. The lowest BCUT2D eigenvalue weighted by Crippen LogP contribution is -2.35. The maximum atomic E-state index is 11.2. The number of anilines is 1. The molecule has 0 bridgehead atoms. The van der Waals surface area contributed by atoms with Crippen LogP contribution in [-0.2, 0) is 4.79 Å². The van der Waals surface area contributed by atoms with E-state index in [4.69, 9.17) is 10.5 Å². The average molecular weight is 262 g/mol. The average Bonchev–Trinajstić information content (AvgIpc) is 2.41. The summed E-state index contributed by atoms with van der Waals surface area (Å²) in [6.45, 7) is 2.16. The Morgan fingerprint density at radius 2 is 2.11 bits per heavy atom. The Labute approximate surface area is 114 Å². The Morgan fingerprint density at radius 3 is 2.84 bits per heavy atom. The summed E-state index contributed by atoms with van der Waals surface area (Å²) >= 11 is 0. The van der Waals surface area contributed by atoms with Crippen molar-refractivity contribution >= 4 is 11.6 Å². The molecular weight excluding hydrogens is 240 g/mol. The van der Waals surface area contributed by atoms with Gasteiger partial charge in [-0.3, -0.25) is 4.79 Å². The smallest absolute Gasteiger partial charge is 0.221 e. The SMILES string of the molecule is CC(=O)Nc1ccccc1OC1CCCCC1CN. The fourth-order valence-corrected chi connectivity index (χ4v) is 2.62. The molecule has 0 saturated heterocycles. The zero-order valence-corrected chi connectivity index (χ0v) is 11.4. The van der Waals surface area contributed by atoms with E-state index in [0.717, 1.165) is 24.3 Å². The van der Waals surface area contributed by atoms with Crippen molar-refractivity contribution in [1.29, 1.82) is 0 Å². The Bertz CT molecular complexity index is 434. The van der Waals surface area contributed by atoms with Crippen molar-refractivity contribution in [2.75, 3.05) is 11.9 Å². The van der Waals surface area contributed by atoms with Gasteiger partial charge in [0.2, 0.25) is 5.91 Å². The first-order valence-electron chi connectivity index (χ1n) is 6.94. The maximum Gasteiger partial charge on any atom is 0.221 e. The van der Waals surface area contributed by atoms with Crippen molar-refractivity contribution < 1.29 is 9.53 Å². The van der Waals surface area contributed by atoms with E-state index in [0.29, 0.717) is 12.5 Å². The summed E-state index contributed by atoms with van der Waals surface area (Å²) < 4.78 is 6.10. The molecule has 3 N–H and O–H groups in total. The van der Waals surface area contributed by atoms with Gasteiger partial charge in [0.1, 0.15) is 11.9 Å². The standard InChI is InChI=1S/C15H22N2O2/c1-11(18)17-13-7-3-5-9-15(13)19-14-8-4-2-6-12(14)10-16/h3,5,7,9,12,14H,2,4,6,8,10,16H2,1H3,(H,17,18). The third-order valence-electron chi connectivity index (χ3n) is 3.62. The number of ether oxygens (including phenoxy) is 1. The van der Waals surface area contributed by atoms with Crippen molar-refractivity contribution in [2.45, 2.75) is 38.7 Å². The number of carbonyl (C=O) groups is 1. The molecule has 1 amide bonds. The van der Waals surface area contributed by atoms with E-state index < -0.39 is 0 Å². The molecular formula is C15H22N2O2. The number of carbonyl (C=O) groups excluding carboxylic acids is 1. The number of nitrogens with one attached hydrogen (secondary N) is 1. The molecule has 1 saturated carbocycles. The Hall–Kier alpha value is -1.55. The van der Waals surface area contributed by atoms with Crippen molar-refractivity contribution in [3.8, 4) is 5.75 Å². The minimum absolute atomic E-state index is 0.0879. The van der Waals surface area contributed by atoms with Crippen LogP contribution in [-0.4, -0.2) is 18.6 Å². The van der Waals surface area contributed by atoms with Gasteiger partial charge in [0.15, 0.2) is 0 Å². The van der Waals surface area contributed by atoms with Gasteiger partial charge in [0, 0.05) is 12.8 Å². The number of amides is 1. The lowest BCUT2D eigenvalue weighted by atomic mass is 9.86. The largest absolute Gasteiger partial charge is 0.488 e. The van der Waals surface area contributed by atoms with Crippen molar-refractivity contribution in [2.24, 2.45) is 11.7 Å². The molecule has 2 atom stereocenters. The van der Waals surface area contributed by atoms with Gasteiger partial charge in [-0.25, -0.2) is 0 Å². The first-order valence-corrected chi connectivity index (χ1v) is 6.94. The summed E-state index contributed by atoms with van der Waals surface area (Å²) in [6, 6.07) is 7.56. The molecule has 4 heteroatoms. The third kappa shape index (κ3) is 3.70. The molecule has 1 aromatic rings. The molecule has 4 nitrogen and oxygen atoms in total. The number of benzene rings is 1. The zero-order valence-electron chi connectivity index (χ0n) is 11.4. The van der Waals surface area contributed by atoms with E-state index in [2.05, 4.69) is 5.32 Å². The highest BCUT2D eigenvalue weighted by atomic mass is 16.5. The highest BCUT2D eigenvalue weighted by molar-refractivity contribution is 5.90. The molecule has 0 spiro atoms. The van der Waals surface area contributed by atoms with Crippen LogP contribution in [0, 0.1) is 5.92 Å². The van der Waals surface area contributed by atoms with Crippen LogP contribution in [0.15, 0.2) is 24.3 Å². The summed E-state index contributed by atoms with van der Waals surface area (Å²) in [5.74, 6) is 1.07. The zero-order chi connectivity index (χ0) is 13.7. The monoisotopic (exact) mass is 262 g/mol.